The van der Waals surface area contributed by atoms with E-state index in [9.17, 15) is 9.59 Å². The van der Waals surface area contributed by atoms with E-state index in [2.05, 4.69) is 33.6 Å². The van der Waals surface area contributed by atoms with Gasteiger partial charge in [0, 0.05) is 41.2 Å². The van der Waals surface area contributed by atoms with Crippen LogP contribution >= 0.6 is 23.7 Å². The highest BCUT2D eigenvalue weighted by Gasteiger charge is 2.38. The molecule has 0 aliphatic carbocycles. The van der Waals surface area contributed by atoms with E-state index in [1.807, 2.05) is 72.7 Å². The third-order valence-electron chi connectivity index (χ3n) is 7.11. The van der Waals surface area contributed by atoms with Gasteiger partial charge in [-0.2, -0.15) is 0 Å². The number of thioether (sulfide) groups is 1. The molecule has 6 nitrogen and oxygen atoms in total. The van der Waals surface area contributed by atoms with Crippen molar-refractivity contribution in [1.82, 2.24) is 14.2 Å². The zero-order chi connectivity index (χ0) is 26.1. The summed E-state index contributed by atoms with van der Waals surface area (Å²) in [5.41, 5.74) is 3.71. The molecule has 4 aromatic rings. The summed E-state index contributed by atoms with van der Waals surface area (Å²) in [7, 11) is 1.68. The smallest absolute Gasteiger partial charge is 0.261 e. The Kier molecular flexibility index (Phi) is 7.10. The Hall–Kier alpha value is -3.33. The van der Waals surface area contributed by atoms with Crippen LogP contribution in [0.15, 0.2) is 85.2 Å². The Balaban J connectivity index is 1.15. The molecule has 38 heavy (non-hydrogen) atoms. The molecular weight excluding hydrogens is 514 g/mol. The van der Waals surface area contributed by atoms with Gasteiger partial charge < -0.3 is 4.74 Å². The Morgan fingerprint density at radius 1 is 0.921 bits per heavy atom. The molecule has 1 saturated heterocycles. The fourth-order valence-electron chi connectivity index (χ4n) is 5.26. The largest absolute Gasteiger partial charge is 0.497 e. The highest BCUT2D eigenvalue weighted by Crippen LogP contribution is 2.52. The van der Waals surface area contributed by atoms with Gasteiger partial charge in [-0.25, -0.2) is 4.31 Å². The number of imide groups is 1. The van der Waals surface area contributed by atoms with Gasteiger partial charge in [0.15, 0.2) is 0 Å². The minimum atomic E-state index is -0.199. The summed E-state index contributed by atoms with van der Waals surface area (Å²) in [6.45, 7) is 0.400. The lowest BCUT2D eigenvalue weighted by molar-refractivity contribution is 0.0611. The number of aromatic nitrogens is 1. The van der Waals surface area contributed by atoms with Crippen molar-refractivity contribution < 1.29 is 14.3 Å². The van der Waals surface area contributed by atoms with E-state index < -0.39 is 0 Å². The van der Waals surface area contributed by atoms with Gasteiger partial charge in [0.05, 0.1) is 24.3 Å². The van der Waals surface area contributed by atoms with Crippen molar-refractivity contribution in [3.8, 4) is 5.75 Å². The van der Waals surface area contributed by atoms with Crippen LogP contribution < -0.4 is 4.74 Å². The second kappa shape index (κ2) is 10.8. The van der Waals surface area contributed by atoms with Crippen LogP contribution in [0.3, 0.4) is 0 Å². The van der Waals surface area contributed by atoms with E-state index in [1.165, 1.54) is 16.0 Å². The molecule has 6 rings (SSSR count). The Bertz CT molecular complexity index is 1430. The van der Waals surface area contributed by atoms with Crippen LogP contribution in [-0.2, 0) is 0 Å². The zero-order valence-corrected chi connectivity index (χ0v) is 22.6. The topological polar surface area (TPSA) is 62.7 Å². The summed E-state index contributed by atoms with van der Waals surface area (Å²) >= 11 is 3.70. The van der Waals surface area contributed by atoms with Crippen LogP contribution in [0.5, 0.6) is 5.75 Å². The fourth-order valence-corrected chi connectivity index (χ4v) is 8.01. The molecule has 2 amide bonds. The normalized spacial score (nSPS) is 19.3. The van der Waals surface area contributed by atoms with Crippen molar-refractivity contribution in [1.29, 1.82) is 0 Å². The lowest BCUT2D eigenvalue weighted by Crippen LogP contribution is -2.41. The summed E-state index contributed by atoms with van der Waals surface area (Å²) in [4.78, 5) is 32.1. The number of nitrogens with zero attached hydrogens (tertiary/aromatic N) is 3. The number of hydrogen-bond donors (Lipinski definition) is 0. The highest BCUT2D eigenvalue weighted by molar-refractivity contribution is 8.02. The lowest BCUT2D eigenvalue weighted by atomic mass is 9.94. The van der Waals surface area contributed by atoms with Crippen molar-refractivity contribution in [3.05, 3.63) is 107 Å². The summed E-state index contributed by atoms with van der Waals surface area (Å²) < 4.78 is 7.80. The second-order valence-corrected chi connectivity index (χ2v) is 11.5. The number of ether oxygens (including phenoxy) is 1. The van der Waals surface area contributed by atoms with Gasteiger partial charge in [-0.3, -0.25) is 19.5 Å². The van der Waals surface area contributed by atoms with Crippen molar-refractivity contribution >= 4 is 46.3 Å². The molecule has 0 N–H and O–H groups in total. The van der Waals surface area contributed by atoms with E-state index in [0.29, 0.717) is 17.7 Å². The average molecular weight is 542 g/mol. The van der Waals surface area contributed by atoms with Crippen molar-refractivity contribution in [3.63, 3.8) is 0 Å². The molecule has 0 saturated carbocycles. The van der Waals surface area contributed by atoms with Crippen LogP contribution in [-0.4, -0.2) is 51.3 Å². The maximum absolute atomic E-state index is 13.2. The molecule has 0 spiro atoms. The molecule has 2 unspecified atom stereocenters. The first kappa shape index (κ1) is 25.0. The van der Waals surface area contributed by atoms with Gasteiger partial charge in [0.25, 0.3) is 11.8 Å². The number of carbonyl (C=O) groups excluding carboxylic acids is 2. The number of pyridine rings is 1. The zero-order valence-electron chi connectivity index (χ0n) is 20.9. The van der Waals surface area contributed by atoms with Crippen LogP contribution in [0.4, 0.5) is 0 Å². The van der Waals surface area contributed by atoms with Crippen LogP contribution in [0.2, 0.25) is 0 Å². The van der Waals surface area contributed by atoms with Gasteiger partial charge in [0.1, 0.15) is 5.75 Å². The molecule has 3 aromatic carbocycles. The van der Waals surface area contributed by atoms with Gasteiger partial charge >= 0.3 is 0 Å². The third kappa shape index (κ3) is 4.57. The van der Waals surface area contributed by atoms with Gasteiger partial charge in [0.2, 0.25) is 0 Å². The number of benzene rings is 3. The molecule has 8 heteroatoms. The van der Waals surface area contributed by atoms with E-state index >= 15 is 0 Å². The molecule has 3 heterocycles. The summed E-state index contributed by atoms with van der Waals surface area (Å²) in [6.07, 6.45) is 4.42. The summed E-state index contributed by atoms with van der Waals surface area (Å²) in [5, 5.41) is 1.98. The van der Waals surface area contributed by atoms with E-state index in [1.54, 1.807) is 19.1 Å². The SMILES string of the molecule is COc1ccc(C2C(c3ccncc3)SCN2SCCCN2C(=O)c3cccc4cccc(c34)C2=O)cc1. The van der Waals surface area contributed by atoms with Crippen LogP contribution in [0.25, 0.3) is 10.8 Å². The number of hydrogen-bond acceptors (Lipinski definition) is 7. The van der Waals surface area contributed by atoms with Crippen molar-refractivity contribution in [2.24, 2.45) is 0 Å². The second-order valence-electron chi connectivity index (χ2n) is 9.29. The van der Waals surface area contributed by atoms with E-state index in [-0.39, 0.29) is 23.1 Å². The first-order valence-corrected chi connectivity index (χ1v) is 14.6. The molecule has 2 atom stereocenters. The maximum Gasteiger partial charge on any atom is 0.261 e. The minimum Gasteiger partial charge on any atom is -0.497 e. The number of rotatable bonds is 8. The fraction of sp³-hybridized carbons (Fsp3) is 0.233. The number of carbonyl (C=O) groups is 2. The summed E-state index contributed by atoms with van der Waals surface area (Å²) in [5.74, 6) is 2.13. The quantitative estimate of drug-likeness (QED) is 0.146. The standard InChI is InChI=1S/C30H27N3O3S2/c1-36-23-11-9-21(10-12-23)27-28(22-13-15-31-16-14-22)37-19-33(27)38-18-4-17-32-29(34)24-7-2-5-20-6-3-8-25(26(20)24)30(32)35/h2-3,5-16,27-28H,4,17-19H2,1H3. The summed E-state index contributed by atoms with van der Waals surface area (Å²) in [6, 6.07) is 24.0. The van der Waals surface area contributed by atoms with Crippen LogP contribution in [0.1, 0.15) is 49.6 Å². The predicted molar refractivity (Wildman–Crippen MR) is 153 cm³/mol. The van der Waals surface area contributed by atoms with Gasteiger partial charge in [-0.15, -0.1) is 11.8 Å². The Labute approximate surface area is 230 Å². The van der Waals surface area contributed by atoms with Crippen molar-refractivity contribution in [2.75, 3.05) is 25.3 Å². The lowest BCUT2D eigenvalue weighted by Gasteiger charge is -2.28. The van der Waals surface area contributed by atoms with Gasteiger partial charge in [-0.05, 0) is 59.3 Å². The van der Waals surface area contributed by atoms with Crippen LogP contribution in [0, 0.1) is 0 Å². The Morgan fingerprint density at radius 3 is 2.26 bits per heavy atom. The molecule has 1 fully saturated rings. The predicted octanol–water partition coefficient (Wildman–Crippen LogP) is 6.37. The third-order valence-corrected chi connectivity index (χ3v) is 9.75. The first-order chi connectivity index (χ1) is 18.7. The Morgan fingerprint density at radius 2 is 1.61 bits per heavy atom. The van der Waals surface area contributed by atoms with E-state index in [0.717, 1.165) is 34.6 Å². The first-order valence-electron chi connectivity index (χ1n) is 12.6. The minimum absolute atomic E-state index is 0.182. The molecule has 192 valence electrons. The van der Waals surface area contributed by atoms with E-state index in [4.69, 9.17) is 4.74 Å². The molecule has 2 aliphatic heterocycles. The maximum atomic E-state index is 13.2. The number of methoxy groups -OCH3 is 1. The number of amides is 2. The highest BCUT2D eigenvalue weighted by atomic mass is 32.2. The van der Waals surface area contributed by atoms with Gasteiger partial charge in [-0.1, -0.05) is 48.3 Å². The molecule has 2 aliphatic rings. The molecule has 1 aromatic heterocycles. The molecular formula is C30H27N3O3S2. The average Bonchev–Trinajstić information content (AvgIpc) is 3.39. The molecule has 0 bridgehead atoms. The monoisotopic (exact) mass is 541 g/mol. The van der Waals surface area contributed by atoms with Crippen molar-refractivity contribution in [2.45, 2.75) is 17.7 Å². The molecule has 0 radical (unpaired) electrons.